The van der Waals surface area contributed by atoms with Gasteiger partial charge in [0.25, 0.3) is 0 Å². The molecule has 0 fully saturated rings. The Labute approximate surface area is 113 Å². The first-order valence-electron chi connectivity index (χ1n) is 5.61. The highest BCUT2D eigenvalue weighted by Crippen LogP contribution is 2.21. The number of nitriles is 1. The molecule has 0 saturated carbocycles. The van der Waals surface area contributed by atoms with Crippen LogP contribution in [0.25, 0.3) is 0 Å². The van der Waals surface area contributed by atoms with Crippen LogP contribution in [0.1, 0.15) is 18.1 Å². The molecule has 0 unspecified atom stereocenters. The Morgan fingerprint density at radius 2 is 2.32 bits per heavy atom. The van der Waals surface area contributed by atoms with Crippen molar-refractivity contribution in [2.24, 2.45) is 0 Å². The Kier molecular flexibility index (Phi) is 4.02. The third-order valence-corrected chi connectivity index (χ3v) is 3.54. The highest BCUT2D eigenvalue weighted by Gasteiger charge is 2.08. The van der Waals surface area contributed by atoms with Gasteiger partial charge in [-0.3, -0.25) is 4.57 Å². The number of rotatable bonds is 4. The Balaban J connectivity index is 2.17. The molecule has 0 radical (unpaired) electrons. The van der Waals surface area contributed by atoms with Gasteiger partial charge in [0, 0.05) is 12.3 Å². The standard InChI is InChI=1S/C12H11FN4OS/c1-2-17-11(18)15-16-12(17)19-7-9-3-8(6-14)4-10(13)5-9/h3-5H,2,7H2,1H3,(H,15,18). The second-order valence-corrected chi connectivity index (χ2v) is 4.75. The molecule has 0 aliphatic rings. The molecule has 2 aromatic rings. The summed E-state index contributed by atoms with van der Waals surface area (Å²) in [5.41, 5.74) is 0.701. The molecule has 1 aromatic heterocycles. The number of hydrogen-bond donors (Lipinski definition) is 1. The lowest BCUT2D eigenvalue weighted by molar-refractivity contribution is 0.626. The van der Waals surface area contributed by atoms with Crippen molar-refractivity contribution in [3.05, 3.63) is 45.6 Å². The van der Waals surface area contributed by atoms with Crippen molar-refractivity contribution < 1.29 is 4.39 Å². The lowest BCUT2D eigenvalue weighted by Crippen LogP contribution is -2.16. The van der Waals surface area contributed by atoms with Gasteiger partial charge < -0.3 is 0 Å². The zero-order valence-electron chi connectivity index (χ0n) is 10.2. The monoisotopic (exact) mass is 278 g/mol. The first-order valence-corrected chi connectivity index (χ1v) is 6.60. The molecule has 1 N–H and O–H groups in total. The average molecular weight is 278 g/mol. The van der Waals surface area contributed by atoms with E-state index in [2.05, 4.69) is 10.2 Å². The average Bonchev–Trinajstić information content (AvgIpc) is 2.76. The van der Waals surface area contributed by atoms with E-state index >= 15 is 0 Å². The molecule has 0 aliphatic heterocycles. The summed E-state index contributed by atoms with van der Waals surface area (Å²) < 4.78 is 14.7. The smallest absolute Gasteiger partial charge is 0.270 e. The minimum absolute atomic E-state index is 0.262. The number of hydrogen-bond acceptors (Lipinski definition) is 4. The molecule has 19 heavy (non-hydrogen) atoms. The quantitative estimate of drug-likeness (QED) is 0.867. The first kappa shape index (κ1) is 13.4. The van der Waals surface area contributed by atoms with Crippen LogP contribution in [0.2, 0.25) is 0 Å². The third kappa shape index (κ3) is 3.03. The molecule has 1 aromatic carbocycles. The van der Waals surface area contributed by atoms with Gasteiger partial charge in [-0.15, -0.1) is 5.10 Å². The number of H-pyrrole nitrogens is 1. The van der Waals surface area contributed by atoms with Crippen LogP contribution in [0, 0.1) is 17.1 Å². The summed E-state index contributed by atoms with van der Waals surface area (Å²) in [6.07, 6.45) is 0. The van der Waals surface area contributed by atoms with Crippen LogP contribution in [0.4, 0.5) is 4.39 Å². The van der Waals surface area contributed by atoms with Crippen molar-refractivity contribution in [1.29, 1.82) is 5.26 Å². The fraction of sp³-hybridized carbons (Fsp3) is 0.250. The molecule has 0 aliphatic carbocycles. The van der Waals surface area contributed by atoms with Gasteiger partial charge in [-0.2, -0.15) is 5.26 Å². The minimum atomic E-state index is -0.440. The molecule has 5 nitrogen and oxygen atoms in total. The van der Waals surface area contributed by atoms with E-state index in [0.717, 1.165) is 0 Å². The molecule has 7 heteroatoms. The topological polar surface area (TPSA) is 74.5 Å². The normalized spacial score (nSPS) is 10.4. The van der Waals surface area contributed by atoms with Crippen molar-refractivity contribution in [3.8, 4) is 6.07 Å². The van der Waals surface area contributed by atoms with Gasteiger partial charge in [0.2, 0.25) is 0 Å². The van der Waals surface area contributed by atoms with E-state index in [1.54, 1.807) is 6.07 Å². The van der Waals surface area contributed by atoms with Crippen LogP contribution < -0.4 is 5.69 Å². The SMILES string of the molecule is CCn1c(SCc2cc(F)cc(C#N)c2)n[nH]c1=O. The Morgan fingerprint density at radius 1 is 1.53 bits per heavy atom. The van der Waals surface area contributed by atoms with Gasteiger partial charge >= 0.3 is 5.69 Å². The van der Waals surface area contributed by atoms with Gasteiger partial charge in [0.05, 0.1) is 11.6 Å². The summed E-state index contributed by atoms with van der Waals surface area (Å²) in [4.78, 5) is 11.4. The van der Waals surface area contributed by atoms with E-state index in [4.69, 9.17) is 5.26 Å². The molecule has 98 valence electrons. The largest absolute Gasteiger partial charge is 0.343 e. The van der Waals surface area contributed by atoms with Crippen LogP contribution >= 0.6 is 11.8 Å². The fourth-order valence-corrected chi connectivity index (χ4v) is 2.58. The Hall–Kier alpha value is -2.07. The van der Waals surface area contributed by atoms with Crippen molar-refractivity contribution in [3.63, 3.8) is 0 Å². The van der Waals surface area contributed by atoms with Gasteiger partial charge in [0.1, 0.15) is 5.82 Å². The van der Waals surface area contributed by atoms with E-state index in [1.807, 2.05) is 13.0 Å². The number of aromatic nitrogens is 3. The predicted molar refractivity (Wildman–Crippen MR) is 69.2 cm³/mol. The summed E-state index contributed by atoms with van der Waals surface area (Å²) in [6.45, 7) is 2.36. The molecule has 0 spiro atoms. The second-order valence-electron chi connectivity index (χ2n) is 3.80. The highest BCUT2D eigenvalue weighted by molar-refractivity contribution is 7.98. The van der Waals surface area contributed by atoms with Crippen molar-refractivity contribution in [1.82, 2.24) is 14.8 Å². The lowest BCUT2D eigenvalue weighted by Gasteiger charge is -2.03. The minimum Gasteiger partial charge on any atom is -0.270 e. The number of nitrogens with one attached hydrogen (secondary N) is 1. The summed E-state index contributed by atoms with van der Waals surface area (Å²) in [7, 11) is 0. The first-order chi connectivity index (χ1) is 9.13. The molecule has 0 saturated heterocycles. The molecular formula is C12H11FN4OS. The van der Waals surface area contributed by atoms with Crippen LogP contribution in [0.3, 0.4) is 0 Å². The van der Waals surface area contributed by atoms with Gasteiger partial charge in [-0.05, 0) is 30.7 Å². The van der Waals surface area contributed by atoms with Crippen molar-refractivity contribution >= 4 is 11.8 Å². The lowest BCUT2D eigenvalue weighted by atomic mass is 10.1. The summed E-state index contributed by atoms with van der Waals surface area (Å²) >= 11 is 1.32. The van der Waals surface area contributed by atoms with Crippen LogP contribution in [-0.2, 0) is 12.3 Å². The number of thioether (sulfide) groups is 1. The zero-order valence-corrected chi connectivity index (χ0v) is 11.0. The highest BCUT2D eigenvalue weighted by atomic mass is 32.2. The number of nitrogens with zero attached hydrogens (tertiary/aromatic N) is 3. The molecule has 2 rings (SSSR count). The summed E-state index contributed by atoms with van der Waals surface area (Å²) in [5.74, 6) is 0.000981. The molecular weight excluding hydrogens is 267 g/mol. The predicted octanol–water partition coefficient (Wildman–Crippen LogP) is 1.89. The fourth-order valence-electron chi connectivity index (χ4n) is 1.64. The van der Waals surface area contributed by atoms with Crippen molar-refractivity contribution in [2.45, 2.75) is 24.4 Å². The van der Waals surface area contributed by atoms with Crippen molar-refractivity contribution in [2.75, 3.05) is 0 Å². The van der Waals surface area contributed by atoms with E-state index in [0.29, 0.717) is 23.0 Å². The summed E-state index contributed by atoms with van der Waals surface area (Å²) in [6, 6.07) is 6.08. The second kappa shape index (κ2) is 5.71. The maximum atomic E-state index is 13.3. The molecule has 0 atom stereocenters. The Morgan fingerprint density at radius 3 is 3.00 bits per heavy atom. The van der Waals surface area contributed by atoms with E-state index in [1.165, 1.54) is 28.5 Å². The summed E-state index contributed by atoms with van der Waals surface area (Å²) in [5, 5.41) is 15.6. The number of halogens is 1. The number of aromatic amines is 1. The molecule has 1 heterocycles. The van der Waals surface area contributed by atoms with Gasteiger partial charge in [-0.1, -0.05) is 11.8 Å². The maximum Gasteiger partial charge on any atom is 0.343 e. The zero-order chi connectivity index (χ0) is 13.8. The molecule has 0 bridgehead atoms. The van der Waals surface area contributed by atoms with Gasteiger partial charge in [-0.25, -0.2) is 14.3 Å². The third-order valence-electron chi connectivity index (χ3n) is 2.49. The van der Waals surface area contributed by atoms with Gasteiger partial charge in [0.15, 0.2) is 5.16 Å². The van der Waals surface area contributed by atoms with Crippen LogP contribution in [0.15, 0.2) is 28.2 Å². The van der Waals surface area contributed by atoms with Crippen LogP contribution in [0.5, 0.6) is 0 Å². The maximum absolute atomic E-state index is 13.3. The van der Waals surface area contributed by atoms with Crippen LogP contribution in [-0.4, -0.2) is 14.8 Å². The molecule has 0 amide bonds. The Bertz CT molecular complexity index is 686. The van der Waals surface area contributed by atoms with E-state index in [-0.39, 0.29) is 11.3 Å². The van der Waals surface area contributed by atoms with E-state index < -0.39 is 5.82 Å². The van der Waals surface area contributed by atoms with E-state index in [9.17, 15) is 9.18 Å². The number of benzene rings is 1.